The van der Waals surface area contributed by atoms with Crippen LogP contribution in [0.3, 0.4) is 0 Å². The molecule has 0 unspecified atom stereocenters. The number of carbonyl (C=O) groups is 1. The van der Waals surface area contributed by atoms with E-state index in [9.17, 15) is 4.79 Å². The van der Waals surface area contributed by atoms with Crippen molar-refractivity contribution in [2.24, 2.45) is 10.5 Å². The summed E-state index contributed by atoms with van der Waals surface area (Å²) >= 11 is 0. The molecule has 4 nitrogen and oxygen atoms in total. The monoisotopic (exact) mass is 157 g/mol. The number of amides is 1. The molecule has 0 saturated heterocycles. The molecule has 0 aromatic carbocycles. The van der Waals surface area contributed by atoms with Gasteiger partial charge in [0.15, 0.2) is 0 Å². The maximum atomic E-state index is 11.1. The van der Waals surface area contributed by atoms with Gasteiger partial charge in [0.2, 0.25) is 5.91 Å². The van der Waals surface area contributed by atoms with E-state index in [1.54, 1.807) is 0 Å². The van der Waals surface area contributed by atoms with Crippen LogP contribution in [-0.4, -0.2) is 19.0 Å². The van der Waals surface area contributed by atoms with E-state index in [-0.39, 0.29) is 11.3 Å². The van der Waals surface area contributed by atoms with Gasteiger partial charge < -0.3 is 5.32 Å². The summed E-state index contributed by atoms with van der Waals surface area (Å²) in [6.45, 7) is 6.36. The standard InChI is InChI=1S/C7H15N3O/c1-7(2,3)6(11)9-4-5-10-8/h8H,4-5H2,1-3H3,(H,9,11). The molecule has 0 spiro atoms. The van der Waals surface area contributed by atoms with Gasteiger partial charge in [0.05, 0.1) is 6.54 Å². The fraction of sp³-hybridized carbons (Fsp3) is 0.857. The zero-order chi connectivity index (χ0) is 8.91. The minimum atomic E-state index is -0.345. The molecule has 0 atom stereocenters. The van der Waals surface area contributed by atoms with Crippen molar-refractivity contribution in [3.63, 3.8) is 0 Å². The first-order chi connectivity index (χ1) is 4.98. The lowest BCUT2D eigenvalue weighted by molar-refractivity contribution is -0.128. The summed E-state index contributed by atoms with van der Waals surface area (Å²) in [4.78, 5) is 11.1. The third-order valence-corrected chi connectivity index (χ3v) is 1.19. The number of nitrogens with one attached hydrogen (secondary N) is 2. The van der Waals surface area contributed by atoms with E-state index in [0.717, 1.165) is 0 Å². The van der Waals surface area contributed by atoms with Crippen LogP contribution in [0.4, 0.5) is 0 Å². The molecule has 0 aliphatic heterocycles. The number of nitrogens with zero attached hydrogens (tertiary/aromatic N) is 1. The second-order valence-corrected chi connectivity index (χ2v) is 3.39. The molecule has 0 aliphatic carbocycles. The van der Waals surface area contributed by atoms with Crippen LogP contribution in [0.1, 0.15) is 20.8 Å². The highest BCUT2D eigenvalue weighted by molar-refractivity contribution is 5.81. The highest BCUT2D eigenvalue weighted by atomic mass is 16.2. The first-order valence-electron chi connectivity index (χ1n) is 3.60. The summed E-state index contributed by atoms with van der Waals surface area (Å²) in [6, 6.07) is 0. The third kappa shape index (κ3) is 4.47. The van der Waals surface area contributed by atoms with Gasteiger partial charge in [-0.15, -0.1) is 0 Å². The van der Waals surface area contributed by atoms with Crippen LogP contribution >= 0.6 is 0 Å². The van der Waals surface area contributed by atoms with Gasteiger partial charge >= 0.3 is 0 Å². The van der Waals surface area contributed by atoms with E-state index in [1.165, 1.54) is 0 Å². The van der Waals surface area contributed by atoms with E-state index >= 15 is 0 Å². The van der Waals surface area contributed by atoms with Crippen LogP contribution < -0.4 is 5.32 Å². The zero-order valence-electron chi connectivity index (χ0n) is 7.27. The van der Waals surface area contributed by atoms with Crippen LogP contribution in [0.25, 0.3) is 0 Å². The molecule has 0 aliphatic rings. The van der Waals surface area contributed by atoms with Crippen LogP contribution in [0.2, 0.25) is 0 Å². The van der Waals surface area contributed by atoms with E-state index in [2.05, 4.69) is 10.4 Å². The van der Waals surface area contributed by atoms with E-state index in [1.807, 2.05) is 20.8 Å². The molecule has 4 heteroatoms. The Labute approximate surface area is 66.9 Å². The quantitative estimate of drug-likeness (QED) is 0.469. The summed E-state index contributed by atoms with van der Waals surface area (Å²) in [6.07, 6.45) is 0. The van der Waals surface area contributed by atoms with Crippen molar-refractivity contribution in [3.8, 4) is 0 Å². The normalized spacial score (nSPS) is 10.8. The molecule has 2 N–H and O–H groups in total. The van der Waals surface area contributed by atoms with Crippen molar-refractivity contribution >= 4 is 5.91 Å². The molecule has 0 heterocycles. The Morgan fingerprint density at radius 2 is 2.09 bits per heavy atom. The Morgan fingerprint density at radius 3 is 2.45 bits per heavy atom. The predicted molar refractivity (Wildman–Crippen MR) is 42.5 cm³/mol. The zero-order valence-corrected chi connectivity index (χ0v) is 7.27. The largest absolute Gasteiger partial charge is 0.354 e. The van der Waals surface area contributed by atoms with Gasteiger partial charge in [-0.05, 0) is 0 Å². The second-order valence-electron chi connectivity index (χ2n) is 3.39. The first-order valence-corrected chi connectivity index (χ1v) is 3.60. The van der Waals surface area contributed by atoms with E-state index < -0.39 is 0 Å². The van der Waals surface area contributed by atoms with Gasteiger partial charge in [0.1, 0.15) is 0 Å². The molecule has 1 amide bonds. The SMILES string of the molecule is CC(C)(C)C(=O)NCCN=N. The van der Waals surface area contributed by atoms with Gasteiger partial charge in [-0.2, -0.15) is 5.11 Å². The van der Waals surface area contributed by atoms with Crippen LogP contribution in [0.15, 0.2) is 5.11 Å². The Balaban J connectivity index is 3.62. The molecule has 0 bridgehead atoms. The Bertz CT molecular complexity index is 148. The predicted octanol–water partition coefficient (Wildman–Crippen LogP) is 1.18. The summed E-state index contributed by atoms with van der Waals surface area (Å²) in [5.41, 5.74) is 6.13. The smallest absolute Gasteiger partial charge is 0.225 e. The Kier molecular flexibility index (Phi) is 3.71. The molecule has 0 aromatic rings. The number of hydrogen-bond acceptors (Lipinski definition) is 3. The topological polar surface area (TPSA) is 65.3 Å². The fourth-order valence-electron chi connectivity index (χ4n) is 0.490. The number of hydrogen-bond donors (Lipinski definition) is 2. The van der Waals surface area contributed by atoms with Gasteiger partial charge in [-0.3, -0.25) is 4.79 Å². The minimum Gasteiger partial charge on any atom is -0.354 e. The van der Waals surface area contributed by atoms with Gasteiger partial charge in [0, 0.05) is 12.0 Å². The molecule has 64 valence electrons. The van der Waals surface area contributed by atoms with Gasteiger partial charge in [-0.25, -0.2) is 5.53 Å². The molecule has 0 aromatic heterocycles. The average Bonchev–Trinajstić information content (AvgIpc) is 1.86. The summed E-state index contributed by atoms with van der Waals surface area (Å²) < 4.78 is 0. The maximum Gasteiger partial charge on any atom is 0.225 e. The molecule has 0 radical (unpaired) electrons. The molecule has 11 heavy (non-hydrogen) atoms. The van der Waals surface area contributed by atoms with Crippen molar-refractivity contribution < 1.29 is 4.79 Å². The number of rotatable bonds is 3. The Morgan fingerprint density at radius 1 is 1.55 bits per heavy atom. The fourth-order valence-corrected chi connectivity index (χ4v) is 0.490. The van der Waals surface area contributed by atoms with Gasteiger partial charge in [-0.1, -0.05) is 20.8 Å². The lowest BCUT2D eigenvalue weighted by Gasteiger charge is -2.16. The van der Waals surface area contributed by atoms with E-state index in [4.69, 9.17) is 5.53 Å². The molecule has 0 fully saturated rings. The van der Waals surface area contributed by atoms with Crippen LogP contribution in [-0.2, 0) is 4.79 Å². The highest BCUT2D eigenvalue weighted by Gasteiger charge is 2.19. The molecule has 0 rings (SSSR count). The molecule has 0 saturated carbocycles. The minimum absolute atomic E-state index is 0.00106. The van der Waals surface area contributed by atoms with Gasteiger partial charge in [0.25, 0.3) is 0 Å². The lowest BCUT2D eigenvalue weighted by Crippen LogP contribution is -2.36. The average molecular weight is 157 g/mol. The summed E-state index contributed by atoms with van der Waals surface area (Å²) in [5, 5.41) is 5.80. The maximum absolute atomic E-state index is 11.1. The van der Waals surface area contributed by atoms with Crippen molar-refractivity contribution in [2.75, 3.05) is 13.1 Å². The number of carbonyl (C=O) groups excluding carboxylic acids is 1. The van der Waals surface area contributed by atoms with Crippen molar-refractivity contribution in [3.05, 3.63) is 0 Å². The molecular weight excluding hydrogens is 142 g/mol. The van der Waals surface area contributed by atoms with Crippen LogP contribution in [0.5, 0.6) is 0 Å². The van der Waals surface area contributed by atoms with Crippen LogP contribution in [0, 0.1) is 10.9 Å². The lowest BCUT2D eigenvalue weighted by atomic mass is 9.96. The summed E-state index contributed by atoms with van der Waals surface area (Å²) in [7, 11) is 0. The van der Waals surface area contributed by atoms with Crippen molar-refractivity contribution in [2.45, 2.75) is 20.8 Å². The molecular formula is C7H15N3O. The van der Waals surface area contributed by atoms with Crippen molar-refractivity contribution in [1.29, 1.82) is 5.53 Å². The first kappa shape index (κ1) is 10.1. The van der Waals surface area contributed by atoms with Crippen molar-refractivity contribution in [1.82, 2.24) is 5.32 Å². The summed E-state index contributed by atoms with van der Waals surface area (Å²) in [5.74, 6) is 0.00106. The third-order valence-electron chi connectivity index (χ3n) is 1.19. The second kappa shape index (κ2) is 4.05. The highest BCUT2D eigenvalue weighted by Crippen LogP contribution is 2.11. The Hall–Kier alpha value is -0.930. The van der Waals surface area contributed by atoms with E-state index in [0.29, 0.717) is 13.1 Å².